The number of amides is 1. The molecular weight excluding hydrogens is 421 g/mol. The molecule has 0 unspecified atom stereocenters. The molecule has 0 saturated carbocycles. The van der Waals surface area contributed by atoms with Gasteiger partial charge in [-0.15, -0.1) is 0 Å². The van der Waals surface area contributed by atoms with E-state index in [4.69, 9.17) is 23.2 Å². The molecule has 1 aromatic carbocycles. The van der Waals surface area contributed by atoms with Crippen molar-refractivity contribution in [2.75, 3.05) is 10.7 Å². The normalized spacial score (nSPS) is 10.3. The van der Waals surface area contributed by atoms with E-state index in [0.29, 0.717) is 10.8 Å². The molecule has 148 valence electrons. The zero-order valence-corrected chi connectivity index (χ0v) is 16.3. The first-order valence-corrected chi connectivity index (χ1v) is 8.81. The highest BCUT2D eigenvalue weighted by molar-refractivity contribution is 6.36. The fourth-order valence-corrected chi connectivity index (χ4v) is 2.75. The van der Waals surface area contributed by atoms with E-state index in [1.54, 1.807) is 18.3 Å². The number of aromatic nitrogens is 3. The maximum Gasteiger partial charge on any atom is 0.355 e. The number of nitro groups is 1. The lowest BCUT2D eigenvalue weighted by Crippen LogP contribution is -2.30. The number of halogens is 2. The van der Waals surface area contributed by atoms with Crippen LogP contribution in [0.25, 0.3) is 0 Å². The molecule has 0 bridgehead atoms. The summed E-state index contributed by atoms with van der Waals surface area (Å²) in [5.41, 5.74) is 5.32. The lowest BCUT2D eigenvalue weighted by atomic mass is 10.2. The van der Waals surface area contributed by atoms with E-state index < -0.39 is 16.5 Å². The number of hydrazine groups is 1. The number of nitrogens with zero attached hydrogens (tertiary/aromatic N) is 4. The summed E-state index contributed by atoms with van der Waals surface area (Å²) in [7, 11) is 0. The topological polar surface area (TPSA) is 135 Å². The molecule has 0 aliphatic heterocycles. The van der Waals surface area contributed by atoms with Gasteiger partial charge < -0.3 is 5.32 Å². The molecule has 2 aromatic heterocycles. The van der Waals surface area contributed by atoms with E-state index >= 15 is 0 Å². The zero-order chi connectivity index (χ0) is 21.0. The van der Waals surface area contributed by atoms with Crippen molar-refractivity contribution in [1.29, 1.82) is 0 Å². The summed E-state index contributed by atoms with van der Waals surface area (Å²) in [5.74, 6) is -0.588. The number of hydrogen-bond acceptors (Lipinski definition) is 8. The van der Waals surface area contributed by atoms with Crippen LogP contribution in [0.4, 0.5) is 23.1 Å². The van der Waals surface area contributed by atoms with E-state index in [9.17, 15) is 14.9 Å². The van der Waals surface area contributed by atoms with Crippen LogP contribution in [-0.2, 0) is 0 Å². The molecule has 1 amide bonds. The molecule has 12 heteroatoms. The van der Waals surface area contributed by atoms with Gasteiger partial charge in [-0.05, 0) is 36.8 Å². The molecule has 0 radical (unpaired) electrons. The van der Waals surface area contributed by atoms with Gasteiger partial charge in [0.25, 0.3) is 5.91 Å². The van der Waals surface area contributed by atoms with Gasteiger partial charge >= 0.3 is 5.69 Å². The highest BCUT2D eigenvalue weighted by atomic mass is 35.5. The van der Waals surface area contributed by atoms with E-state index in [-0.39, 0.29) is 22.2 Å². The van der Waals surface area contributed by atoms with Crippen molar-refractivity contribution >= 4 is 52.3 Å². The highest BCUT2D eigenvalue weighted by Gasteiger charge is 2.24. The SMILES string of the molecule is Cc1ccc(Nc2ncnc(NNC(=O)c3ccc(Cl)cc3Cl)c2[N+](=O)[O-])nc1. The second-order valence-electron chi connectivity index (χ2n) is 5.73. The first-order valence-electron chi connectivity index (χ1n) is 8.05. The molecule has 2 heterocycles. The van der Waals surface area contributed by atoms with Crippen LogP contribution in [0.15, 0.2) is 42.9 Å². The molecule has 0 aliphatic rings. The first-order chi connectivity index (χ1) is 13.8. The molecule has 3 rings (SSSR count). The van der Waals surface area contributed by atoms with E-state index in [2.05, 4.69) is 31.1 Å². The highest BCUT2D eigenvalue weighted by Crippen LogP contribution is 2.30. The number of anilines is 3. The van der Waals surface area contributed by atoms with Gasteiger partial charge in [-0.3, -0.25) is 25.8 Å². The molecule has 3 aromatic rings. The van der Waals surface area contributed by atoms with Gasteiger partial charge in [-0.2, -0.15) is 0 Å². The zero-order valence-electron chi connectivity index (χ0n) is 14.8. The summed E-state index contributed by atoms with van der Waals surface area (Å²) in [6, 6.07) is 7.76. The van der Waals surface area contributed by atoms with Crippen LogP contribution < -0.4 is 16.2 Å². The van der Waals surface area contributed by atoms with Gasteiger partial charge in [0.15, 0.2) is 0 Å². The van der Waals surface area contributed by atoms with E-state index in [1.165, 1.54) is 18.2 Å². The Kier molecular flexibility index (Phi) is 6.05. The number of hydrogen-bond donors (Lipinski definition) is 3. The Morgan fingerprint density at radius 1 is 1.10 bits per heavy atom. The van der Waals surface area contributed by atoms with Crippen LogP contribution in [0.3, 0.4) is 0 Å². The Hall–Kier alpha value is -3.50. The first kappa shape index (κ1) is 20.2. The van der Waals surface area contributed by atoms with Crippen molar-refractivity contribution in [1.82, 2.24) is 20.4 Å². The Morgan fingerprint density at radius 3 is 2.52 bits per heavy atom. The van der Waals surface area contributed by atoms with Gasteiger partial charge in [0, 0.05) is 11.2 Å². The number of pyridine rings is 1. The minimum absolute atomic E-state index is 0.0948. The summed E-state index contributed by atoms with van der Waals surface area (Å²) in [6.45, 7) is 1.86. The molecule has 10 nitrogen and oxygen atoms in total. The molecule has 29 heavy (non-hydrogen) atoms. The maximum absolute atomic E-state index is 12.3. The van der Waals surface area contributed by atoms with Crippen LogP contribution in [0.5, 0.6) is 0 Å². The smallest absolute Gasteiger partial charge is 0.319 e. The Balaban J connectivity index is 1.82. The standard InChI is InChI=1S/C17H13Cl2N7O3/c1-9-2-5-13(20-7-9)23-15-14(26(28)29)16(22-8-21-15)24-25-17(27)11-4-3-10(18)6-12(11)19/h2-8H,1H3,(H,25,27)(H2,20,21,22,23,24). The van der Waals surface area contributed by atoms with Gasteiger partial charge in [0.2, 0.25) is 11.6 Å². The van der Waals surface area contributed by atoms with Crippen LogP contribution in [-0.4, -0.2) is 25.8 Å². The average Bonchev–Trinajstić information content (AvgIpc) is 2.67. The monoisotopic (exact) mass is 433 g/mol. The lowest BCUT2D eigenvalue weighted by molar-refractivity contribution is -0.383. The molecule has 0 saturated heterocycles. The number of aryl methyl sites for hydroxylation is 1. The van der Waals surface area contributed by atoms with Crippen LogP contribution in [0, 0.1) is 17.0 Å². The van der Waals surface area contributed by atoms with Gasteiger partial charge in [-0.1, -0.05) is 29.3 Å². The fourth-order valence-electron chi connectivity index (χ4n) is 2.25. The largest absolute Gasteiger partial charge is 0.355 e. The van der Waals surface area contributed by atoms with Crippen molar-refractivity contribution < 1.29 is 9.72 Å². The third kappa shape index (κ3) is 4.86. The summed E-state index contributed by atoms with van der Waals surface area (Å²) in [6.07, 6.45) is 2.71. The minimum Gasteiger partial charge on any atom is -0.319 e. The summed E-state index contributed by atoms with van der Waals surface area (Å²) >= 11 is 11.8. The van der Waals surface area contributed by atoms with Gasteiger partial charge in [0.1, 0.15) is 12.1 Å². The predicted molar refractivity (Wildman–Crippen MR) is 108 cm³/mol. The van der Waals surface area contributed by atoms with E-state index in [0.717, 1.165) is 11.9 Å². The third-order valence-electron chi connectivity index (χ3n) is 3.63. The predicted octanol–water partition coefficient (Wildman–Crippen LogP) is 3.90. The number of nitrogens with one attached hydrogen (secondary N) is 3. The molecule has 0 fully saturated rings. The van der Waals surface area contributed by atoms with Crippen molar-refractivity contribution in [3.63, 3.8) is 0 Å². The van der Waals surface area contributed by atoms with Crippen molar-refractivity contribution in [3.05, 3.63) is 74.1 Å². The second-order valence-corrected chi connectivity index (χ2v) is 6.57. The summed E-state index contributed by atoms with van der Waals surface area (Å²) in [4.78, 5) is 35.0. The second kappa shape index (κ2) is 8.67. The van der Waals surface area contributed by atoms with Crippen LogP contribution in [0.1, 0.15) is 15.9 Å². The molecular formula is C17H13Cl2N7O3. The molecule has 0 aliphatic carbocycles. The quantitative estimate of drug-likeness (QED) is 0.393. The van der Waals surface area contributed by atoms with Crippen LogP contribution >= 0.6 is 23.2 Å². The number of rotatable bonds is 6. The maximum atomic E-state index is 12.3. The summed E-state index contributed by atoms with van der Waals surface area (Å²) in [5, 5.41) is 14.8. The Morgan fingerprint density at radius 2 is 1.86 bits per heavy atom. The molecule has 0 atom stereocenters. The minimum atomic E-state index is -0.680. The van der Waals surface area contributed by atoms with Crippen molar-refractivity contribution in [2.45, 2.75) is 6.92 Å². The fraction of sp³-hybridized carbons (Fsp3) is 0.0588. The van der Waals surface area contributed by atoms with Gasteiger partial charge in [-0.25, -0.2) is 15.0 Å². The van der Waals surface area contributed by atoms with Crippen molar-refractivity contribution in [2.24, 2.45) is 0 Å². The number of benzene rings is 1. The Bertz CT molecular complexity index is 1080. The molecule has 0 spiro atoms. The van der Waals surface area contributed by atoms with Crippen LogP contribution in [0.2, 0.25) is 10.0 Å². The number of carbonyl (C=O) groups excluding carboxylic acids is 1. The average molecular weight is 434 g/mol. The van der Waals surface area contributed by atoms with Crippen molar-refractivity contribution in [3.8, 4) is 0 Å². The summed E-state index contributed by atoms with van der Waals surface area (Å²) < 4.78 is 0. The lowest BCUT2D eigenvalue weighted by Gasteiger charge is -2.11. The molecule has 3 N–H and O–H groups in total. The Labute approximate surface area is 174 Å². The van der Waals surface area contributed by atoms with E-state index in [1.807, 2.05) is 6.92 Å². The number of carbonyl (C=O) groups is 1. The third-order valence-corrected chi connectivity index (χ3v) is 4.18. The van der Waals surface area contributed by atoms with Gasteiger partial charge in [0.05, 0.1) is 15.5 Å².